The highest BCUT2D eigenvalue weighted by molar-refractivity contribution is 7.93. The Hall–Kier alpha value is 0.130. The van der Waals surface area contributed by atoms with Crippen LogP contribution in [0, 0.1) is 0 Å². The van der Waals surface area contributed by atoms with Gasteiger partial charge in [0.15, 0.2) is 10.1 Å². The first-order valence-corrected chi connectivity index (χ1v) is 3.63. The normalized spacial score (nSPS) is 8.22. The van der Waals surface area contributed by atoms with Crippen LogP contribution < -0.4 is 0 Å². The predicted molar refractivity (Wildman–Crippen MR) is 46.3 cm³/mol. The molecule has 0 amide bonds. The van der Waals surface area contributed by atoms with Gasteiger partial charge < -0.3 is 8.37 Å². The number of rotatable bonds is 2. The van der Waals surface area contributed by atoms with Crippen LogP contribution >= 0.6 is 36.8 Å². The largest absolute Gasteiger partial charge is 0.384 e. The summed E-state index contributed by atoms with van der Waals surface area (Å²) < 4.78 is 9.38. The van der Waals surface area contributed by atoms with Crippen molar-refractivity contribution in [2.24, 2.45) is 0 Å². The molecule has 0 fully saturated rings. The Balaban J connectivity index is 3.10. The maximum atomic E-state index is 4.69. The van der Waals surface area contributed by atoms with Gasteiger partial charge in [0.05, 0.1) is 0 Å². The van der Waals surface area contributed by atoms with Gasteiger partial charge in [0.25, 0.3) is 12.3 Å². The summed E-state index contributed by atoms with van der Waals surface area (Å²) in [6.07, 6.45) is 0. The maximum Gasteiger partial charge on any atom is 0.294 e. The van der Waals surface area contributed by atoms with Crippen molar-refractivity contribution in [3.8, 4) is 0 Å². The fourth-order valence-corrected chi connectivity index (χ4v) is 0.505. The molecule has 0 unspecified atom stereocenters. The lowest BCUT2D eigenvalue weighted by Crippen LogP contribution is -1.91. The minimum Gasteiger partial charge on any atom is -0.384 e. The summed E-state index contributed by atoms with van der Waals surface area (Å²) in [6, 6.07) is 0. The smallest absolute Gasteiger partial charge is 0.294 e. The van der Waals surface area contributed by atoms with Crippen molar-refractivity contribution in [1.82, 2.24) is 0 Å². The molecule has 0 saturated heterocycles. The highest BCUT2D eigenvalue weighted by Crippen LogP contribution is 2.05. The van der Waals surface area contributed by atoms with E-state index in [1.54, 1.807) is 13.8 Å². The number of hydrogen-bond donors (Lipinski definition) is 0. The van der Waals surface area contributed by atoms with Crippen LogP contribution in [0.2, 0.25) is 0 Å². The second kappa shape index (κ2) is 4.96. The molecule has 0 heterocycles. The molecule has 52 valence electrons. The van der Waals surface area contributed by atoms with E-state index in [1.807, 2.05) is 0 Å². The summed E-state index contributed by atoms with van der Waals surface area (Å²) >= 11 is 9.95. The van der Waals surface area contributed by atoms with E-state index in [9.17, 15) is 0 Å². The Labute approximate surface area is 69.3 Å². The SMILES string of the molecule is CC(=S)OSOC(C)=S. The minimum absolute atomic E-state index is 0.427. The average Bonchev–Trinajstić information content (AvgIpc) is 1.63. The molecule has 0 spiro atoms. The van der Waals surface area contributed by atoms with Gasteiger partial charge in [-0.05, 0) is 24.4 Å². The molecule has 0 radical (unpaired) electrons. The molecular weight excluding hydrogens is 176 g/mol. The molecule has 0 aromatic heterocycles. The van der Waals surface area contributed by atoms with Gasteiger partial charge in [-0.2, -0.15) is 0 Å². The Kier molecular flexibility index (Phi) is 5.03. The third-order valence-electron chi connectivity index (χ3n) is 0.303. The summed E-state index contributed by atoms with van der Waals surface area (Å²) in [6.45, 7) is 3.31. The standard InChI is InChI=1S/C4H6O2S3/c1-3(7)5-9-6-4(2)8/h1-2H3. The van der Waals surface area contributed by atoms with Crippen LogP contribution in [-0.4, -0.2) is 10.1 Å². The molecule has 0 rings (SSSR count). The van der Waals surface area contributed by atoms with E-state index in [-0.39, 0.29) is 0 Å². The number of thiocarbonyl (C=S) groups is 2. The summed E-state index contributed by atoms with van der Waals surface area (Å²) in [5.41, 5.74) is 0. The van der Waals surface area contributed by atoms with E-state index < -0.39 is 0 Å². The monoisotopic (exact) mass is 182 g/mol. The summed E-state index contributed by atoms with van der Waals surface area (Å²) in [4.78, 5) is 0. The lowest BCUT2D eigenvalue weighted by atomic mass is 10.9. The highest BCUT2D eigenvalue weighted by atomic mass is 32.2. The van der Waals surface area contributed by atoms with Crippen molar-refractivity contribution >= 4 is 46.9 Å². The molecule has 0 atom stereocenters. The zero-order valence-electron chi connectivity index (χ0n) is 5.04. The molecule has 0 N–H and O–H groups in total. The summed E-state index contributed by atoms with van der Waals surface area (Å²) in [5, 5.41) is 0.854. The first-order valence-electron chi connectivity index (χ1n) is 2.15. The van der Waals surface area contributed by atoms with E-state index >= 15 is 0 Å². The van der Waals surface area contributed by atoms with Crippen molar-refractivity contribution in [3.05, 3.63) is 0 Å². The van der Waals surface area contributed by atoms with Gasteiger partial charge in [0.1, 0.15) is 0 Å². The summed E-state index contributed by atoms with van der Waals surface area (Å²) in [5.74, 6) is 0. The predicted octanol–water partition coefficient (Wildman–Crippen LogP) is 2.28. The van der Waals surface area contributed by atoms with E-state index in [1.165, 1.54) is 0 Å². The van der Waals surface area contributed by atoms with Crippen LogP contribution in [0.15, 0.2) is 0 Å². The fraction of sp³-hybridized carbons (Fsp3) is 0.500. The van der Waals surface area contributed by atoms with Crippen molar-refractivity contribution in [2.45, 2.75) is 13.8 Å². The molecular formula is C4H6O2S3. The van der Waals surface area contributed by atoms with E-state index in [0.29, 0.717) is 10.1 Å². The lowest BCUT2D eigenvalue weighted by molar-refractivity contribution is 0.545. The quantitative estimate of drug-likeness (QED) is 0.480. The molecule has 0 aromatic carbocycles. The highest BCUT2D eigenvalue weighted by Gasteiger charge is 1.91. The molecule has 2 nitrogen and oxygen atoms in total. The Bertz CT molecular complexity index is 109. The topological polar surface area (TPSA) is 18.5 Å². The van der Waals surface area contributed by atoms with Gasteiger partial charge >= 0.3 is 0 Å². The molecule has 9 heavy (non-hydrogen) atoms. The van der Waals surface area contributed by atoms with Crippen LogP contribution in [0.25, 0.3) is 0 Å². The third-order valence-corrected chi connectivity index (χ3v) is 1.32. The molecule has 0 bridgehead atoms. The Morgan fingerprint density at radius 3 is 1.67 bits per heavy atom. The lowest BCUT2D eigenvalue weighted by Gasteiger charge is -1.98. The summed E-state index contributed by atoms with van der Waals surface area (Å²) in [7, 11) is 0. The third kappa shape index (κ3) is 8.13. The van der Waals surface area contributed by atoms with Gasteiger partial charge in [0.2, 0.25) is 0 Å². The van der Waals surface area contributed by atoms with E-state index in [4.69, 9.17) is 8.37 Å². The van der Waals surface area contributed by atoms with Crippen LogP contribution in [0.1, 0.15) is 13.8 Å². The van der Waals surface area contributed by atoms with Gasteiger partial charge in [0, 0.05) is 13.8 Å². The number of hydrogen-bond acceptors (Lipinski definition) is 5. The minimum atomic E-state index is 0.427. The van der Waals surface area contributed by atoms with Gasteiger partial charge in [-0.25, -0.2) is 0 Å². The van der Waals surface area contributed by atoms with Gasteiger partial charge in [-0.15, -0.1) is 0 Å². The van der Waals surface area contributed by atoms with Crippen LogP contribution in [0.3, 0.4) is 0 Å². The second-order valence-electron chi connectivity index (χ2n) is 1.22. The fourth-order valence-electron chi connectivity index (χ4n) is 0.113. The molecule has 0 aliphatic heterocycles. The zero-order valence-corrected chi connectivity index (χ0v) is 7.49. The molecule has 0 aliphatic rings. The van der Waals surface area contributed by atoms with E-state index in [0.717, 1.165) is 12.3 Å². The van der Waals surface area contributed by atoms with Crippen molar-refractivity contribution in [1.29, 1.82) is 0 Å². The Morgan fingerprint density at radius 2 is 1.44 bits per heavy atom. The van der Waals surface area contributed by atoms with Crippen molar-refractivity contribution in [3.63, 3.8) is 0 Å². The first kappa shape index (κ1) is 9.13. The first-order chi connectivity index (χ1) is 4.13. The molecule has 0 aliphatic carbocycles. The second-order valence-corrected chi connectivity index (χ2v) is 2.84. The van der Waals surface area contributed by atoms with E-state index in [2.05, 4.69) is 24.4 Å². The van der Waals surface area contributed by atoms with Crippen LogP contribution in [0.4, 0.5) is 0 Å². The van der Waals surface area contributed by atoms with Crippen molar-refractivity contribution in [2.75, 3.05) is 0 Å². The van der Waals surface area contributed by atoms with Gasteiger partial charge in [-0.3, -0.25) is 0 Å². The average molecular weight is 182 g/mol. The molecule has 0 saturated carbocycles. The molecule has 5 heteroatoms. The maximum absolute atomic E-state index is 4.69. The van der Waals surface area contributed by atoms with Crippen LogP contribution in [0.5, 0.6) is 0 Å². The van der Waals surface area contributed by atoms with Gasteiger partial charge in [-0.1, -0.05) is 0 Å². The van der Waals surface area contributed by atoms with Crippen LogP contribution in [-0.2, 0) is 8.37 Å². The van der Waals surface area contributed by atoms with Crippen molar-refractivity contribution < 1.29 is 8.37 Å². The molecule has 0 aromatic rings. The Morgan fingerprint density at radius 1 is 1.11 bits per heavy atom. The zero-order chi connectivity index (χ0) is 7.28.